The van der Waals surface area contributed by atoms with Gasteiger partial charge in [0.1, 0.15) is 11.6 Å². The van der Waals surface area contributed by atoms with Gasteiger partial charge in [-0.2, -0.15) is 0 Å². The molecule has 0 aliphatic heterocycles. The minimum Gasteiger partial charge on any atom is -0.465 e. The fourth-order valence-electron chi connectivity index (χ4n) is 2.24. The maximum Gasteiger partial charge on any atom is 0.494 e. The normalized spacial score (nSPS) is 10.4. The zero-order valence-electron chi connectivity index (χ0n) is 14.0. The Morgan fingerprint density at radius 2 is 1.93 bits per heavy atom. The van der Waals surface area contributed by atoms with Crippen molar-refractivity contribution in [1.29, 1.82) is 0 Å². The number of benzene rings is 2. The second-order valence-corrected chi connectivity index (χ2v) is 5.32. The number of esters is 1. The van der Waals surface area contributed by atoms with Crippen LogP contribution in [0.5, 0.6) is 11.8 Å². The number of nitro groups is 1. The molecule has 3 aromatic rings. The van der Waals surface area contributed by atoms with E-state index in [-0.39, 0.29) is 23.9 Å². The molecule has 0 N–H and O–H groups in total. The van der Waals surface area contributed by atoms with Crippen LogP contribution in [0.2, 0.25) is 0 Å². The molecular weight excluding hydrogens is 359 g/mol. The molecular formula is C17H13FN4O5. The summed E-state index contributed by atoms with van der Waals surface area (Å²) in [7, 11) is 1.26. The van der Waals surface area contributed by atoms with Gasteiger partial charge in [0.15, 0.2) is 0 Å². The average molecular weight is 372 g/mol. The summed E-state index contributed by atoms with van der Waals surface area (Å²) >= 11 is 0. The molecule has 0 spiro atoms. The molecule has 0 radical (unpaired) electrons. The summed E-state index contributed by atoms with van der Waals surface area (Å²) in [4.78, 5) is 25.4. The fraction of sp³-hybridized carbons (Fsp3) is 0.118. The Bertz CT molecular complexity index is 987. The monoisotopic (exact) mass is 372 g/mol. The molecule has 0 amide bonds. The zero-order valence-corrected chi connectivity index (χ0v) is 14.0. The molecule has 138 valence electrons. The molecule has 1 heterocycles. The first-order valence-corrected chi connectivity index (χ1v) is 7.67. The zero-order chi connectivity index (χ0) is 19.4. The van der Waals surface area contributed by atoms with Crippen LogP contribution in [0.4, 0.5) is 10.3 Å². The highest BCUT2D eigenvalue weighted by molar-refractivity contribution is 5.89. The Morgan fingerprint density at radius 3 is 2.56 bits per heavy atom. The lowest BCUT2D eigenvalue weighted by Gasteiger charge is -2.05. The first-order chi connectivity index (χ1) is 13.0. The molecule has 0 saturated carbocycles. The van der Waals surface area contributed by atoms with Gasteiger partial charge >= 0.3 is 17.9 Å². The van der Waals surface area contributed by atoms with E-state index in [4.69, 9.17) is 4.74 Å². The molecule has 0 unspecified atom stereocenters. The van der Waals surface area contributed by atoms with Crippen molar-refractivity contribution < 1.29 is 23.6 Å². The molecule has 2 aromatic carbocycles. The van der Waals surface area contributed by atoms with Crippen LogP contribution in [0, 0.1) is 15.9 Å². The number of carbonyl (C=O) groups is 1. The Balaban J connectivity index is 1.89. The predicted molar refractivity (Wildman–Crippen MR) is 90.0 cm³/mol. The lowest BCUT2D eigenvalue weighted by atomic mass is 10.2. The van der Waals surface area contributed by atoms with E-state index in [9.17, 15) is 19.3 Å². The van der Waals surface area contributed by atoms with Crippen LogP contribution in [0.3, 0.4) is 0 Å². The smallest absolute Gasteiger partial charge is 0.465 e. The second kappa shape index (κ2) is 7.60. The van der Waals surface area contributed by atoms with Crippen LogP contribution in [0.25, 0.3) is 0 Å². The Kier molecular flexibility index (Phi) is 5.06. The van der Waals surface area contributed by atoms with Crippen LogP contribution in [0.15, 0.2) is 48.5 Å². The number of nitrogens with zero attached hydrogens (tertiary/aromatic N) is 4. The maximum atomic E-state index is 13.9. The van der Waals surface area contributed by atoms with E-state index < -0.39 is 22.7 Å². The highest BCUT2D eigenvalue weighted by Gasteiger charge is 2.24. The summed E-state index contributed by atoms with van der Waals surface area (Å²) in [6.07, 6.45) is 0. The van der Waals surface area contributed by atoms with Gasteiger partial charge in [0.05, 0.1) is 19.2 Å². The summed E-state index contributed by atoms with van der Waals surface area (Å²) in [6.45, 7) is -0.108. The second-order valence-electron chi connectivity index (χ2n) is 5.32. The summed E-state index contributed by atoms with van der Waals surface area (Å²) in [6, 6.07) is 11.7. The van der Waals surface area contributed by atoms with E-state index >= 15 is 0 Å². The lowest BCUT2D eigenvalue weighted by Crippen LogP contribution is -2.06. The van der Waals surface area contributed by atoms with Gasteiger partial charge in [0.2, 0.25) is 0 Å². The SMILES string of the molecule is COC(=O)c1ccc(Oc2nc([N+](=O)[O-])nn2Cc2ccccc2F)cc1. The van der Waals surface area contributed by atoms with E-state index in [1.54, 1.807) is 6.07 Å². The molecule has 3 rings (SSSR count). The van der Waals surface area contributed by atoms with Gasteiger partial charge < -0.3 is 19.6 Å². The number of rotatable bonds is 6. The number of aromatic nitrogens is 3. The highest BCUT2D eigenvalue weighted by Crippen LogP contribution is 2.23. The van der Waals surface area contributed by atoms with E-state index in [0.717, 1.165) is 4.68 Å². The Morgan fingerprint density at radius 1 is 1.22 bits per heavy atom. The molecule has 27 heavy (non-hydrogen) atoms. The molecule has 0 fully saturated rings. The largest absolute Gasteiger partial charge is 0.494 e. The van der Waals surface area contributed by atoms with E-state index in [1.165, 1.54) is 49.6 Å². The van der Waals surface area contributed by atoms with Crippen molar-refractivity contribution in [3.63, 3.8) is 0 Å². The number of methoxy groups -OCH3 is 1. The Hall–Kier alpha value is -3.82. The van der Waals surface area contributed by atoms with Crippen molar-refractivity contribution >= 4 is 11.9 Å². The molecule has 0 aliphatic rings. The number of hydrogen-bond acceptors (Lipinski definition) is 7. The third-order valence-corrected chi connectivity index (χ3v) is 3.55. The number of halogens is 1. The molecule has 0 aliphatic carbocycles. The topological polar surface area (TPSA) is 109 Å². The first-order valence-electron chi connectivity index (χ1n) is 7.67. The van der Waals surface area contributed by atoms with Crippen LogP contribution < -0.4 is 4.74 Å². The Labute approximate surface area is 152 Å². The predicted octanol–water partition coefficient (Wildman–Crippen LogP) is 2.95. The van der Waals surface area contributed by atoms with Crippen LogP contribution in [0.1, 0.15) is 15.9 Å². The fourth-order valence-corrected chi connectivity index (χ4v) is 2.24. The maximum absolute atomic E-state index is 13.9. The van der Waals surface area contributed by atoms with E-state index in [0.29, 0.717) is 5.56 Å². The number of hydrogen-bond donors (Lipinski definition) is 0. The molecule has 0 atom stereocenters. The van der Waals surface area contributed by atoms with Gasteiger partial charge in [-0.1, -0.05) is 18.2 Å². The molecule has 10 heteroatoms. The third kappa shape index (κ3) is 4.06. The molecule has 0 saturated heterocycles. The van der Waals surface area contributed by atoms with Crippen molar-refractivity contribution in [2.45, 2.75) is 6.54 Å². The van der Waals surface area contributed by atoms with Gasteiger partial charge in [-0.15, -0.1) is 4.68 Å². The molecule has 1 aromatic heterocycles. The van der Waals surface area contributed by atoms with Crippen LogP contribution in [-0.2, 0) is 11.3 Å². The number of carbonyl (C=O) groups excluding carboxylic acids is 1. The quantitative estimate of drug-likeness (QED) is 0.372. The van der Waals surface area contributed by atoms with Gasteiger partial charge in [-0.25, -0.2) is 9.18 Å². The van der Waals surface area contributed by atoms with Crippen molar-refractivity contribution in [3.05, 3.63) is 75.6 Å². The van der Waals surface area contributed by atoms with Crippen molar-refractivity contribution in [3.8, 4) is 11.8 Å². The van der Waals surface area contributed by atoms with Gasteiger partial charge in [0, 0.05) is 10.7 Å². The molecule has 9 nitrogen and oxygen atoms in total. The summed E-state index contributed by atoms with van der Waals surface area (Å²) in [5.74, 6) is -1.41. The summed E-state index contributed by atoms with van der Waals surface area (Å²) in [5, 5.41) is 14.7. The summed E-state index contributed by atoms with van der Waals surface area (Å²) in [5.41, 5.74) is 0.576. The molecule has 0 bridgehead atoms. The number of ether oxygens (including phenoxy) is 2. The third-order valence-electron chi connectivity index (χ3n) is 3.55. The van der Waals surface area contributed by atoms with Crippen molar-refractivity contribution in [2.24, 2.45) is 0 Å². The van der Waals surface area contributed by atoms with E-state index in [2.05, 4.69) is 14.8 Å². The summed E-state index contributed by atoms with van der Waals surface area (Å²) < 4.78 is 25.1. The van der Waals surface area contributed by atoms with Crippen molar-refractivity contribution in [1.82, 2.24) is 14.8 Å². The van der Waals surface area contributed by atoms with E-state index in [1.807, 2.05) is 0 Å². The highest BCUT2D eigenvalue weighted by atomic mass is 19.1. The standard InChI is InChI=1S/C17H13FN4O5/c1-26-15(23)11-6-8-13(9-7-11)27-17-19-16(22(24)25)20-21(17)10-12-4-2-3-5-14(12)18/h2-9H,10H2,1H3. The van der Waals surface area contributed by atoms with Crippen LogP contribution in [-0.4, -0.2) is 32.8 Å². The minimum atomic E-state index is -0.773. The minimum absolute atomic E-state index is 0.108. The first kappa shape index (κ1) is 18.0. The van der Waals surface area contributed by atoms with Crippen LogP contribution >= 0.6 is 0 Å². The van der Waals surface area contributed by atoms with Gasteiger partial charge in [-0.05, 0) is 40.2 Å². The van der Waals surface area contributed by atoms with Crippen molar-refractivity contribution in [2.75, 3.05) is 7.11 Å². The van der Waals surface area contributed by atoms with Gasteiger partial charge in [0.25, 0.3) is 0 Å². The average Bonchev–Trinajstić information content (AvgIpc) is 3.06. The van der Waals surface area contributed by atoms with Gasteiger partial charge in [-0.3, -0.25) is 0 Å². The lowest BCUT2D eigenvalue weighted by molar-refractivity contribution is -0.394.